The maximum Gasteiger partial charge on any atom is -0.0379 e. The molecular weight excluding hydrogens is 86.0 g/mol. The van der Waals surface area contributed by atoms with E-state index in [1.54, 1.807) is 0 Å². The van der Waals surface area contributed by atoms with Gasteiger partial charge in [0.1, 0.15) is 0 Å². The third-order valence-electron chi connectivity index (χ3n) is 0.333. The van der Waals surface area contributed by atoms with E-state index in [-0.39, 0.29) is 0 Å². The maximum absolute atomic E-state index is 2.22. The number of hydrogen-bond donors (Lipinski definition) is 0. The van der Waals surface area contributed by atoms with Gasteiger partial charge in [-0.15, -0.1) is 15.7 Å². The van der Waals surface area contributed by atoms with Crippen LogP contribution in [-0.4, -0.2) is 0 Å². The Labute approximate surface area is 28.3 Å². The fraction of sp³-hybridized carbons (Fsp3) is 0. The van der Waals surface area contributed by atoms with E-state index in [0.717, 1.165) is 0 Å². The van der Waals surface area contributed by atoms with Crippen LogP contribution in [0.5, 0.6) is 0 Å². The van der Waals surface area contributed by atoms with Crippen molar-refractivity contribution in [2.45, 2.75) is 0 Å². The van der Waals surface area contributed by atoms with Crippen molar-refractivity contribution in [1.29, 1.82) is 0 Å². The van der Waals surface area contributed by atoms with E-state index in [2.05, 4.69) is 11.6 Å². The molecule has 2 unspecified atom stereocenters. The quantitative estimate of drug-likeness (QED) is 0.455. The van der Waals surface area contributed by atoms with Crippen LogP contribution in [0.2, 0.25) is 0 Å². The third-order valence-corrected chi connectivity index (χ3v) is 3.00. The van der Waals surface area contributed by atoms with Gasteiger partial charge < -0.3 is 0 Å². The summed E-state index contributed by atoms with van der Waals surface area (Å²) in [6.45, 7) is 0. The molecule has 0 saturated heterocycles. The lowest BCUT2D eigenvalue weighted by atomic mass is 11.2. The van der Waals surface area contributed by atoms with Crippen molar-refractivity contribution in [3.63, 3.8) is 0 Å². The predicted octanol–water partition coefficient (Wildman–Crippen LogP) is 1.75. The SMILES string of the molecule is c1c[pH][pH]1. The van der Waals surface area contributed by atoms with Gasteiger partial charge in [-0.1, -0.05) is 0 Å². The highest BCUT2D eigenvalue weighted by atomic mass is 31.8. The molecule has 1 heterocycles. The Bertz CT molecular complexity index is 45.8. The Hall–Kier alpha value is 0.340. The minimum atomic E-state index is 1.17. The minimum absolute atomic E-state index is 1.17. The van der Waals surface area contributed by atoms with Crippen LogP contribution in [0.4, 0.5) is 0 Å². The zero-order valence-electron chi connectivity index (χ0n) is 2.15. The summed E-state index contributed by atoms with van der Waals surface area (Å²) in [7, 11) is 2.34. The fourth-order valence-electron chi connectivity index (χ4n) is 0.0833. The van der Waals surface area contributed by atoms with Crippen LogP contribution in [0, 0.1) is 0 Å². The molecule has 0 radical (unpaired) electrons. The van der Waals surface area contributed by atoms with E-state index >= 15 is 0 Å². The van der Waals surface area contributed by atoms with Crippen molar-refractivity contribution in [1.82, 2.24) is 0 Å². The van der Waals surface area contributed by atoms with Gasteiger partial charge in [0.15, 0.2) is 0 Å². The smallest absolute Gasteiger partial charge is 0.0379 e. The van der Waals surface area contributed by atoms with Crippen LogP contribution in [-0.2, 0) is 0 Å². The summed E-state index contributed by atoms with van der Waals surface area (Å²) in [5.74, 6) is 4.44. The second kappa shape index (κ2) is 0.971. The van der Waals surface area contributed by atoms with E-state index in [4.69, 9.17) is 0 Å². The van der Waals surface area contributed by atoms with Crippen molar-refractivity contribution in [3.05, 3.63) is 11.6 Å². The molecule has 1 rings (SSSR count). The molecule has 0 fully saturated rings. The first-order valence-corrected chi connectivity index (χ1v) is 4.32. The van der Waals surface area contributed by atoms with E-state index in [0.29, 0.717) is 0 Å². The molecule has 0 aliphatic carbocycles. The first-order chi connectivity index (χ1) is 2.00. The maximum atomic E-state index is 2.22. The zero-order valence-corrected chi connectivity index (χ0v) is 4.15. The fourth-order valence-corrected chi connectivity index (χ4v) is 0.750. The summed E-state index contributed by atoms with van der Waals surface area (Å²) in [6, 6.07) is 0. The molecule has 0 aliphatic heterocycles. The Morgan fingerprint density at radius 3 is 1.25 bits per heavy atom. The molecule has 0 aliphatic rings. The van der Waals surface area contributed by atoms with Crippen molar-refractivity contribution in [2.24, 2.45) is 0 Å². The molecule has 0 aromatic carbocycles. The predicted molar refractivity (Wildman–Crippen MR) is 25.4 cm³/mol. The number of hydrogen-bond acceptors (Lipinski definition) is 0. The summed E-state index contributed by atoms with van der Waals surface area (Å²) >= 11 is 0. The molecule has 1 aromatic heterocycles. The van der Waals surface area contributed by atoms with Gasteiger partial charge in [0, 0.05) is 0 Å². The van der Waals surface area contributed by atoms with Gasteiger partial charge in [0.25, 0.3) is 0 Å². The highest BCUT2D eigenvalue weighted by molar-refractivity contribution is 7.91. The lowest BCUT2D eigenvalue weighted by Crippen LogP contribution is -1.19. The summed E-state index contributed by atoms with van der Waals surface area (Å²) in [5, 5.41) is 0. The van der Waals surface area contributed by atoms with Gasteiger partial charge in [-0.05, 0) is 11.6 Å². The first kappa shape index (κ1) is 2.57. The molecule has 2 atom stereocenters. The molecule has 0 saturated carbocycles. The Morgan fingerprint density at radius 1 is 1.00 bits per heavy atom. The average Bonchev–Trinajstić information content (AvgIpc) is 0.722. The molecule has 0 N–H and O–H groups in total. The van der Waals surface area contributed by atoms with Crippen LogP contribution >= 0.6 is 15.7 Å². The standard InChI is InChI=1S/C2H4P2/c1-2-4-3-1/h1-4H. The Kier molecular flexibility index (Phi) is 0.624. The van der Waals surface area contributed by atoms with Crippen molar-refractivity contribution < 1.29 is 0 Å². The highest BCUT2D eigenvalue weighted by Crippen LogP contribution is 2.22. The van der Waals surface area contributed by atoms with Crippen LogP contribution in [0.25, 0.3) is 0 Å². The van der Waals surface area contributed by atoms with Gasteiger partial charge in [-0.25, -0.2) is 0 Å². The molecule has 0 bridgehead atoms. The molecule has 2 heteroatoms. The second-order valence-corrected chi connectivity index (χ2v) is 3.60. The number of rotatable bonds is 0. The zero-order chi connectivity index (χ0) is 2.83. The van der Waals surface area contributed by atoms with Crippen LogP contribution in [0.15, 0.2) is 11.6 Å². The molecule has 4 heavy (non-hydrogen) atoms. The van der Waals surface area contributed by atoms with Crippen LogP contribution in [0.1, 0.15) is 0 Å². The summed E-state index contributed by atoms with van der Waals surface area (Å²) in [4.78, 5) is 0. The lowest BCUT2D eigenvalue weighted by molar-refractivity contribution is 2.36. The average molecular weight is 90.0 g/mol. The van der Waals surface area contributed by atoms with Gasteiger partial charge in [0.2, 0.25) is 0 Å². The normalized spacial score (nSPS) is 12.0. The Morgan fingerprint density at radius 2 is 1.25 bits per heavy atom. The summed E-state index contributed by atoms with van der Waals surface area (Å²) in [5.41, 5.74) is 0. The van der Waals surface area contributed by atoms with E-state index < -0.39 is 0 Å². The molecule has 0 spiro atoms. The molecular formula is C2H4P2. The van der Waals surface area contributed by atoms with Gasteiger partial charge >= 0.3 is 0 Å². The summed E-state index contributed by atoms with van der Waals surface area (Å²) in [6.07, 6.45) is 0. The van der Waals surface area contributed by atoms with Crippen molar-refractivity contribution in [3.8, 4) is 0 Å². The second-order valence-electron chi connectivity index (χ2n) is 0.622. The minimum Gasteiger partial charge on any atom is -0.122 e. The largest absolute Gasteiger partial charge is 0.122 e. The van der Waals surface area contributed by atoms with Crippen molar-refractivity contribution >= 4 is 15.7 Å². The summed E-state index contributed by atoms with van der Waals surface area (Å²) < 4.78 is 0. The lowest BCUT2D eigenvalue weighted by Gasteiger charge is -1.71. The van der Waals surface area contributed by atoms with Crippen molar-refractivity contribution in [2.75, 3.05) is 0 Å². The third kappa shape index (κ3) is 0.223. The van der Waals surface area contributed by atoms with Gasteiger partial charge in [-0.2, -0.15) is 0 Å². The van der Waals surface area contributed by atoms with Crippen LogP contribution < -0.4 is 0 Å². The topological polar surface area (TPSA) is 0 Å². The van der Waals surface area contributed by atoms with E-state index in [1.807, 2.05) is 0 Å². The molecule has 0 nitrogen and oxygen atoms in total. The van der Waals surface area contributed by atoms with Crippen LogP contribution in [0.3, 0.4) is 0 Å². The molecule has 1 aromatic rings. The highest BCUT2D eigenvalue weighted by Gasteiger charge is 1.56. The van der Waals surface area contributed by atoms with Gasteiger partial charge in [0.05, 0.1) is 0 Å². The molecule has 22 valence electrons. The first-order valence-electron chi connectivity index (χ1n) is 1.16. The molecule has 0 amide bonds. The van der Waals surface area contributed by atoms with E-state index in [9.17, 15) is 0 Å². The Balaban J connectivity index is 3.00. The monoisotopic (exact) mass is 90.0 g/mol. The van der Waals surface area contributed by atoms with E-state index in [1.165, 1.54) is 15.7 Å². The van der Waals surface area contributed by atoms with Gasteiger partial charge in [-0.3, -0.25) is 0 Å².